The predicted octanol–water partition coefficient (Wildman–Crippen LogP) is 4.73. The number of halogens is 1. The van der Waals surface area contributed by atoms with Gasteiger partial charge in [-0.25, -0.2) is 9.37 Å². The average molecular weight is 528 g/mol. The third-order valence-corrected chi connectivity index (χ3v) is 7.95. The molecule has 1 amide bonds. The first-order chi connectivity index (χ1) is 19.1. The van der Waals surface area contributed by atoms with Crippen LogP contribution in [0.4, 0.5) is 10.1 Å². The van der Waals surface area contributed by atoms with Crippen LogP contribution < -0.4 is 9.64 Å². The summed E-state index contributed by atoms with van der Waals surface area (Å²) in [6.45, 7) is 5.31. The highest BCUT2D eigenvalue weighted by atomic mass is 19.1. The van der Waals surface area contributed by atoms with Crippen molar-refractivity contribution < 1.29 is 13.9 Å². The fourth-order valence-corrected chi connectivity index (χ4v) is 5.98. The molecule has 1 atom stereocenters. The minimum atomic E-state index is -0.258. The number of hydrogen-bond donors (Lipinski definition) is 0. The Morgan fingerprint density at radius 1 is 0.949 bits per heavy atom. The van der Waals surface area contributed by atoms with Gasteiger partial charge in [-0.1, -0.05) is 24.3 Å². The molecule has 0 spiro atoms. The second-order valence-electron chi connectivity index (χ2n) is 10.4. The summed E-state index contributed by atoms with van der Waals surface area (Å²) in [6, 6.07) is 22.6. The molecule has 6 rings (SSSR count). The Balaban J connectivity index is 1.14. The number of imidazole rings is 1. The third-order valence-electron chi connectivity index (χ3n) is 7.95. The SMILES string of the molecule is COc1ccccc1N1CCN(C(=O)[C@@H]2CCCN(Cc3nc4ccccc4n3-c3ccc(F)cc3)C2)CC1. The van der Waals surface area contributed by atoms with Gasteiger partial charge in [-0.05, 0) is 67.9 Å². The van der Waals surface area contributed by atoms with Crippen molar-refractivity contribution in [2.75, 3.05) is 51.3 Å². The quantitative estimate of drug-likeness (QED) is 0.363. The van der Waals surface area contributed by atoms with E-state index in [0.29, 0.717) is 19.6 Å². The van der Waals surface area contributed by atoms with Crippen LogP contribution in [0, 0.1) is 11.7 Å². The highest BCUT2D eigenvalue weighted by Gasteiger charge is 2.32. The number of carbonyl (C=O) groups is 1. The summed E-state index contributed by atoms with van der Waals surface area (Å²) in [7, 11) is 1.70. The van der Waals surface area contributed by atoms with Crippen LogP contribution in [-0.4, -0.2) is 71.6 Å². The number of amides is 1. The molecule has 2 aliphatic rings. The van der Waals surface area contributed by atoms with Gasteiger partial charge in [-0.2, -0.15) is 0 Å². The summed E-state index contributed by atoms with van der Waals surface area (Å²) >= 11 is 0. The molecule has 1 aromatic heterocycles. The number of methoxy groups -OCH3 is 1. The summed E-state index contributed by atoms with van der Waals surface area (Å²) in [5, 5.41) is 0. The van der Waals surface area contributed by atoms with Crippen molar-refractivity contribution in [1.29, 1.82) is 0 Å². The summed E-state index contributed by atoms with van der Waals surface area (Å²) in [6.07, 6.45) is 1.89. The fraction of sp³-hybridized carbons (Fsp3) is 0.355. The van der Waals surface area contributed by atoms with Crippen molar-refractivity contribution in [3.63, 3.8) is 0 Å². The topological polar surface area (TPSA) is 53.8 Å². The van der Waals surface area contributed by atoms with E-state index in [0.717, 1.165) is 73.0 Å². The Morgan fingerprint density at radius 2 is 1.69 bits per heavy atom. The minimum Gasteiger partial charge on any atom is -0.495 e. The summed E-state index contributed by atoms with van der Waals surface area (Å²) in [4.78, 5) is 25.2. The molecule has 4 aromatic rings. The molecular weight excluding hydrogens is 493 g/mol. The van der Waals surface area contributed by atoms with E-state index in [2.05, 4.69) is 20.4 Å². The summed E-state index contributed by atoms with van der Waals surface area (Å²) in [5.41, 5.74) is 3.88. The lowest BCUT2D eigenvalue weighted by atomic mass is 9.96. The van der Waals surface area contributed by atoms with Crippen LogP contribution in [0.1, 0.15) is 18.7 Å². The second kappa shape index (κ2) is 11.1. The number of likely N-dealkylation sites (tertiary alicyclic amines) is 1. The van der Waals surface area contributed by atoms with Crippen molar-refractivity contribution in [3.8, 4) is 11.4 Å². The van der Waals surface area contributed by atoms with E-state index in [-0.39, 0.29) is 17.6 Å². The molecule has 2 aliphatic heterocycles. The Hall–Kier alpha value is -3.91. The van der Waals surface area contributed by atoms with Gasteiger partial charge in [-0.3, -0.25) is 14.3 Å². The lowest BCUT2D eigenvalue weighted by Crippen LogP contribution is -2.52. The molecule has 39 heavy (non-hydrogen) atoms. The van der Waals surface area contributed by atoms with E-state index in [9.17, 15) is 9.18 Å². The van der Waals surface area contributed by atoms with Crippen LogP contribution in [0.3, 0.4) is 0 Å². The standard InChI is InChI=1S/C31H34FN5O2/c1-39-29-11-5-4-10-28(29)35-17-19-36(20-18-35)31(38)23-7-6-16-34(21-23)22-30-33-26-8-2-3-9-27(26)37(30)25-14-12-24(32)13-15-25/h2-5,8-15,23H,6-7,16-22H2,1H3/t23-/m1/s1. The largest absolute Gasteiger partial charge is 0.495 e. The van der Waals surface area contributed by atoms with Gasteiger partial charge in [0.05, 0.1) is 36.3 Å². The minimum absolute atomic E-state index is 0.0137. The first kappa shape index (κ1) is 25.4. The van der Waals surface area contributed by atoms with Crippen LogP contribution in [-0.2, 0) is 11.3 Å². The molecule has 202 valence electrons. The number of nitrogens with zero attached hydrogens (tertiary/aromatic N) is 5. The predicted molar refractivity (Wildman–Crippen MR) is 151 cm³/mol. The van der Waals surface area contributed by atoms with Gasteiger partial charge in [0.25, 0.3) is 0 Å². The Labute approximate surface area is 228 Å². The molecule has 2 saturated heterocycles. The third kappa shape index (κ3) is 5.21. The van der Waals surface area contributed by atoms with E-state index in [1.54, 1.807) is 19.2 Å². The van der Waals surface area contributed by atoms with Gasteiger partial charge in [0, 0.05) is 38.4 Å². The molecule has 3 aromatic carbocycles. The molecule has 0 aliphatic carbocycles. The molecule has 0 N–H and O–H groups in total. The molecule has 8 heteroatoms. The zero-order valence-electron chi connectivity index (χ0n) is 22.3. The van der Waals surface area contributed by atoms with Crippen molar-refractivity contribution in [1.82, 2.24) is 19.4 Å². The van der Waals surface area contributed by atoms with Crippen LogP contribution in [0.25, 0.3) is 16.7 Å². The van der Waals surface area contributed by atoms with Gasteiger partial charge >= 0.3 is 0 Å². The Morgan fingerprint density at radius 3 is 2.49 bits per heavy atom. The van der Waals surface area contributed by atoms with Crippen LogP contribution in [0.5, 0.6) is 5.75 Å². The van der Waals surface area contributed by atoms with E-state index in [1.165, 1.54) is 12.1 Å². The molecule has 7 nitrogen and oxygen atoms in total. The van der Waals surface area contributed by atoms with Crippen molar-refractivity contribution in [2.24, 2.45) is 5.92 Å². The maximum Gasteiger partial charge on any atom is 0.227 e. The van der Waals surface area contributed by atoms with E-state index >= 15 is 0 Å². The maximum absolute atomic E-state index is 13.7. The number of anilines is 1. The zero-order chi connectivity index (χ0) is 26.8. The van der Waals surface area contributed by atoms with Gasteiger partial charge in [-0.15, -0.1) is 0 Å². The number of fused-ring (bicyclic) bond motifs is 1. The molecule has 2 fully saturated rings. The highest BCUT2D eigenvalue weighted by molar-refractivity contribution is 5.80. The first-order valence-corrected chi connectivity index (χ1v) is 13.7. The van der Waals surface area contributed by atoms with Gasteiger partial charge in [0.1, 0.15) is 17.4 Å². The number of piperazine rings is 1. The van der Waals surface area contributed by atoms with Crippen LogP contribution in [0.15, 0.2) is 72.8 Å². The maximum atomic E-state index is 13.7. The number of piperidine rings is 1. The number of aromatic nitrogens is 2. The Kier molecular flexibility index (Phi) is 7.20. The van der Waals surface area contributed by atoms with Gasteiger partial charge < -0.3 is 14.5 Å². The van der Waals surface area contributed by atoms with Crippen LogP contribution in [0.2, 0.25) is 0 Å². The number of ether oxygens (including phenoxy) is 1. The number of hydrogen-bond acceptors (Lipinski definition) is 5. The molecule has 0 saturated carbocycles. The fourth-order valence-electron chi connectivity index (χ4n) is 5.98. The molecule has 0 bridgehead atoms. The van der Waals surface area contributed by atoms with Crippen molar-refractivity contribution in [2.45, 2.75) is 19.4 Å². The van der Waals surface area contributed by atoms with Gasteiger partial charge in [0.2, 0.25) is 5.91 Å². The van der Waals surface area contributed by atoms with Crippen LogP contribution >= 0.6 is 0 Å². The van der Waals surface area contributed by atoms with Gasteiger partial charge in [0.15, 0.2) is 0 Å². The average Bonchev–Trinajstić information content (AvgIpc) is 3.35. The number of para-hydroxylation sites is 4. The number of carbonyl (C=O) groups excluding carboxylic acids is 1. The van der Waals surface area contributed by atoms with E-state index in [4.69, 9.17) is 9.72 Å². The lowest BCUT2D eigenvalue weighted by molar-refractivity contribution is -0.137. The monoisotopic (exact) mass is 527 g/mol. The van der Waals surface area contributed by atoms with E-state index < -0.39 is 0 Å². The second-order valence-corrected chi connectivity index (χ2v) is 10.4. The molecule has 0 unspecified atom stereocenters. The first-order valence-electron chi connectivity index (χ1n) is 13.7. The van der Waals surface area contributed by atoms with E-state index in [1.807, 2.05) is 47.4 Å². The summed E-state index contributed by atoms with van der Waals surface area (Å²) < 4.78 is 21.3. The molecule has 3 heterocycles. The smallest absolute Gasteiger partial charge is 0.227 e. The highest BCUT2D eigenvalue weighted by Crippen LogP contribution is 2.29. The normalized spacial score (nSPS) is 18.5. The van der Waals surface area contributed by atoms with Crippen molar-refractivity contribution in [3.05, 3.63) is 84.4 Å². The zero-order valence-corrected chi connectivity index (χ0v) is 22.3. The molecule has 0 radical (unpaired) electrons. The number of benzene rings is 3. The molecular formula is C31H34FN5O2. The lowest BCUT2D eigenvalue weighted by Gasteiger charge is -2.40. The number of rotatable bonds is 6. The summed E-state index contributed by atoms with van der Waals surface area (Å²) in [5.74, 6) is 1.76. The van der Waals surface area contributed by atoms with Crippen molar-refractivity contribution >= 4 is 22.6 Å². The Bertz CT molecular complexity index is 1450.